The number of benzene rings is 1. The zero-order chi connectivity index (χ0) is 35.1. The highest BCUT2D eigenvalue weighted by Crippen LogP contribution is 2.28. The number of likely N-dealkylation sites (N-methyl/N-ethyl adjacent to an activating group) is 1. The van der Waals surface area contributed by atoms with E-state index in [1.165, 1.54) is 39.5 Å². The molecule has 47 heavy (non-hydrogen) atoms. The predicted octanol–water partition coefficient (Wildman–Crippen LogP) is 4.71. The van der Waals surface area contributed by atoms with Crippen LogP contribution in [-0.2, 0) is 32.0 Å². The third-order valence-corrected chi connectivity index (χ3v) is 6.84. The summed E-state index contributed by atoms with van der Waals surface area (Å²) in [6.07, 6.45) is 4.19. The maximum atomic E-state index is 13.6. The minimum Gasteiger partial charge on any atom is -0.453 e. The molecular formula is C34H46N6O7. The SMILES string of the molecule is COC(=O)N[C@@H](CC/C=C/C(=O)N(C)C)C(=O)Nc1cccn(Cc2nc3c(CC(C)(C)C)cccc3n2C(=O)OC(C)(C)C)c1=O. The van der Waals surface area contributed by atoms with Crippen LogP contribution in [-0.4, -0.2) is 75.9 Å². The number of pyridine rings is 1. The van der Waals surface area contributed by atoms with Gasteiger partial charge in [-0.2, -0.15) is 0 Å². The minimum absolute atomic E-state index is 0.0409. The third kappa shape index (κ3) is 10.3. The monoisotopic (exact) mass is 650 g/mol. The second-order valence-corrected chi connectivity index (χ2v) is 13.6. The van der Waals surface area contributed by atoms with E-state index in [-0.39, 0.29) is 35.8 Å². The lowest BCUT2D eigenvalue weighted by Crippen LogP contribution is -2.44. The Kier molecular flexibility index (Phi) is 11.7. The van der Waals surface area contributed by atoms with E-state index in [2.05, 4.69) is 36.1 Å². The quantitative estimate of drug-likeness (QED) is 0.299. The number of alkyl carbamates (subject to hydrolysis) is 1. The molecule has 2 N–H and O–H groups in total. The molecular weight excluding hydrogens is 604 g/mol. The number of nitrogens with zero attached hydrogens (tertiary/aromatic N) is 4. The molecule has 13 nitrogen and oxygen atoms in total. The number of hydrogen-bond acceptors (Lipinski definition) is 8. The molecule has 0 saturated carbocycles. The molecule has 2 heterocycles. The topological polar surface area (TPSA) is 154 Å². The molecule has 254 valence electrons. The second kappa shape index (κ2) is 15.1. The van der Waals surface area contributed by atoms with Crippen molar-refractivity contribution in [2.24, 2.45) is 5.41 Å². The average Bonchev–Trinajstić information content (AvgIpc) is 3.33. The number of carbonyl (C=O) groups excluding carboxylic acids is 4. The standard InChI is InChI=1S/C34H46N6O7/c1-33(2,3)20-22-14-12-17-25-28(22)37-26(40(25)32(45)47-34(4,5)6)21-39-19-13-16-24(30(39)43)35-29(42)23(36-31(44)46-9)15-10-11-18-27(41)38(7)8/h11-14,16-19,23H,10,15,20-21H2,1-9H3,(H,35,42)(H,36,44)/b18-11+/t23-/m0/s1. The molecule has 1 aromatic carbocycles. The highest BCUT2D eigenvalue weighted by Gasteiger charge is 2.26. The Morgan fingerprint density at radius 2 is 1.74 bits per heavy atom. The van der Waals surface area contributed by atoms with Gasteiger partial charge in [0.2, 0.25) is 11.8 Å². The van der Waals surface area contributed by atoms with E-state index in [1.54, 1.807) is 53.1 Å². The van der Waals surface area contributed by atoms with Crippen molar-refractivity contribution >= 4 is 40.7 Å². The molecule has 0 spiro atoms. The zero-order valence-electron chi connectivity index (χ0n) is 28.7. The van der Waals surface area contributed by atoms with Gasteiger partial charge in [-0.1, -0.05) is 39.0 Å². The van der Waals surface area contributed by atoms with Gasteiger partial charge >= 0.3 is 12.2 Å². The lowest BCUT2D eigenvalue weighted by molar-refractivity contribution is -0.123. The summed E-state index contributed by atoms with van der Waals surface area (Å²) < 4.78 is 13.1. The molecule has 0 bridgehead atoms. The van der Waals surface area contributed by atoms with Crippen LogP contribution in [0.4, 0.5) is 15.3 Å². The summed E-state index contributed by atoms with van der Waals surface area (Å²) >= 11 is 0. The van der Waals surface area contributed by atoms with Crippen LogP contribution in [0.25, 0.3) is 11.0 Å². The van der Waals surface area contributed by atoms with Gasteiger partial charge in [0, 0.05) is 20.3 Å². The second-order valence-electron chi connectivity index (χ2n) is 13.6. The molecule has 0 unspecified atom stereocenters. The fourth-order valence-corrected chi connectivity index (χ4v) is 4.73. The maximum absolute atomic E-state index is 13.6. The predicted molar refractivity (Wildman–Crippen MR) is 179 cm³/mol. The van der Waals surface area contributed by atoms with E-state index in [9.17, 15) is 24.0 Å². The van der Waals surface area contributed by atoms with Crippen LogP contribution in [0.5, 0.6) is 0 Å². The normalized spacial score (nSPS) is 12.5. The molecule has 0 radical (unpaired) electrons. The Morgan fingerprint density at radius 1 is 1.04 bits per heavy atom. The van der Waals surface area contributed by atoms with Crippen molar-refractivity contribution in [1.82, 2.24) is 24.3 Å². The van der Waals surface area contributed by atoms with Crippen LogP contribution in [0.3, 0.4) is 0 Å². The Morgan fingerprint density at radius 3 is 2.36 bits per heavy atom. The first-order valence-corrected chi connectivity index (χ1v) is 15.4. The molecule has 3 rings (SSSR count). The number of para-hydroxylation sites is 1. The van der Waals surface area contributed by atoms with Gasteiger partial charge < -0.3 is 29.6 Å². The van der Waals surface area contributed by atoms with Crippen LogP contribution >= 0.6 is 0 Å². The van der Waals surface area contributed by atoms with Crippen molar-refractivity contribution in [2.75, 3.05) is 26.5 Å². The summed E-state index contributed by atoms with van der Waals surface area (Å²) in [6.45, 7) is 11.6. The molecule has 1 atom stereocenters. The van der Waals surface area contributed by atoms with E-state index in [1.807, 2.05) is 12.1 Å². The van der Waals surface area contributed by atoms with Crippen LogP contribution in [0.1, 0.15) is 65.8 Å². The summed E-state index contributed by atoms with van der Waals surface area (Å²) in [5.74, 6) is -0.585. The van der Waals surface area contributed by atoms with Crippen LogP contribution in [0, 0.1) is 5.41 Å². The van der Waals surface area contributed by atoms with Crippen molar-refractivity contribution in [3.05, 3.63) is 70.4 Å². The first kappa shape index (κ1) is 36.5. The summed E-state index contributed by atoms with van der Waals surface area (Å²) in [7, 11) is 4.41. The van der Waals surface area contributed by atoms with Crippen molar-refractivity contribution in [1.29, 1.82) is 0 Å². The van der Waals surface area contributed by atoms with E-state index in [0.29, 0.717) is 23.9 Å². The smallest absolute Gasteiger partial charge is 0.420 e. The Hall–Kier alpha value is -4.94. The van der Waals surface area contributed by atoms with Gasteiger partial charge in [-0.15, -0.1) is 0 Å². The maximum Gasteiger partial charge on any atom is 0.420 e. The van der Waals surface area contributed by atoms with E-state index >= 15 is 0 Å². The van der Waals surface area contributed by atoms with Gasteiger partial charge in [0.05, 0.1) is 24.7 Å². The number of amides is 3. The van der Waals surface area contributed by atoms with Crippen LogP contribution < -0.4 is 16.2 Å². The molecule has 0 saturated heterocycles. The highest BCUT2D eigenvalue weighted by molar-refractivity contribution is 5.96. The summed E-state index contributed by atoms with van der Waals surface area (Å²) in [5.41, 5.74) is 0.741. The van der Waals surface area contributed by atoms with E-state index in [0.717, 1.165) is 5.56 Å². The number of hydrogen-bond donors (Lipinski definition) is 2. The Bertz CT molecular complexity index is 1710. The third-order valence-electron chi connectivity index (χ3n) is 6.84. The molecule has 2 aromatic heterocycles. The van der Waals surface area contributed by atoms with Crippen LogP contribution in [0.15, 0.2) is 53.5 Å². The fraction of sp³-hybridized carbons (Fsp3) is 0.471. The molecule has 3 amide bonds. The molecule has 0 aliphatic rings. The number of nitrogens with one attached hydrogen (secondary N) is 2. The number of aromatic nitrogens is 3. The lowest BCUT2D eigenvalue weighted by Gasteiger charge is -2.21. The van der Waals surface area contributed by atoms with Gasteiger partial charge in [-0.05, 0) is 75.3 Å². The Balaban J connectivity index is 1.96. The minimum atomic E-state index is -1.06. The zero-order valence-corrected chi connectivity index (χ0v) is 28.7. The van der Waals surface area contributed by atoms with Gasteiger partial charge in [0.1, 0.15) is 23.2 Å². The summed E-state index contributed by atoms with van der Waals surface area (Å²) in [4.78, 5) is 70.4. The summed E-state index contributed by atoms with van der Waals surface area (Å²) in [6, 6.07) is 7.60. The molecule has 13 heteroatoms. The number of methoxy groups -OCH3 is 1. The van der Waals surface area contributed by atoms with Gasteiger partial charge in [0.15, 0.2) is 0 Å². The lowest BCUT2D eigenvalue weighted by atomic mass is 9.88. The van der Waals surface area contributed by atoms with Gasteiger partial charge in [0.25, 0.3) is 5.56 Å². The molecule has 0 fully saturated rings. The first-order valence-electron chi connectivity index (χ1n) is 15.4. The van der Waals surface area contributed by atoms with Crippen molar-refractivity contribution < 1.29 is 28.7 Å². The molecule has 0 aliphatic heterocycles. The number of fused-ring (bicyclic) bond motifs is 1. The number of anilines is 1. The number of rotatable bonds is 10. The van der Waals surface area contributed by atoms with Crippen molar-refractivity contribution in [3.8, 4) is 0 Å². The molecule has 0 aliphatic carbocycles. The number of imidazole rings is 1. The largest absolute Gasteiger partial charge is 0.453 e. The van der Waals surface area contributed by atoms with Gasteiger partial charge in [-0.25, -0.2) is 19.1 Å². The fourth-order valence-electron chi connectivity index (χ4n) is 4.73. The Labute approximate surface area is 274 Å². The molecule has 3 aromatic rings. The first-order chi connectivity index (χ1) is 21.9. The van der Waals surface area contributed by atoms with Crippen molar-refractivity contribution in [3.63, 3.8) is 0 Å². The number of allylic oxidation sites excluding steroid dienone is 1. The van der Waals surface area contributed by atoms with Crippen LogP contribution in [0.2, 0.25) is 0 Å². The van der Waals surface area contributed by atoms with Gasteiger partial charge in [-0.3, -0.25) is 14.4 Å². The van der Waals surface area contributed by atoms with Crippen molar-refractivity contribution in [2.45, 2.75) is 79.0 Å². The highest BCUT2D eigenvalue weighted by atomic mass is 16.6. The summed E-state index contributed by atoms with van der Waals surface area (Å²) in [5, 5.41) is 5.07. The average molecular weight is 651 g/mol. The van der Waals surface area contributed by atoms with E-state index in [4.69, 9.17) is 9.72 Å². The number of ether oxygens (including phenoxy) is 2. The van der Waals surface area contributed by atoms with E-state index < -0.39 is 35.3 Å². The number of carbonyl (C=O) groups is 4.